The van der Waals surface area contributed by atoms with Crippen molar-refractivity contribution in [3.05, 3.63) is 16.3 Å². The summed E-state index contributed by atoms with van der Waals surface area (Å²) in [5, 5.41) is 1.87. The van der Waals surface area contributed by atoms with Crippen molar-refractivity contribution >= 4 is 17.2 Å². The number of amides is 1. The summed E-state index contributed by atoms with van der Waals surface area (Å²) in [6.45, 7) is 7.98. The maximum absolute atomic E-state index is 12.4. The fourth-order valence-corrected chi connectivity index (χ4v) is 2.49. The molecule has 1 heterocycles. The van der Waals surface area contributed by atoms with Crippen molar-refractivity contribution in [3.63, 3.8) is 0 Å². The third kappa shape index (κ3) is 3.46. The Bertz CT molecular complexity index is 401. The minimum Gasteiger partial charge on any atom is -0.495 e. The summed E-state index contributed by atoms with van der Waals surface area (Å²) in [6, 6.07) is 1.82. The minimum absolute atomic E-state index is 0.0193. The number of carbonyl (C=O) groups excluding carboxylic acids is 1. The number of thiophene rings is 1. The Hall–Kier alpha value is -1.07. The topological polar surface area (TPSA) is 55.6 Å². The molecule has 1 rings (SSSR count). The van der Waals surface area contributed by atoms with Crippen molar-refractivity contribution in [2.45, 2.75) is 20.8 Å². The number of rotatable bonds is 6. The highest BCUT2D eigenvalue weighted by Crippen LogP contribution is 2.27. The Balaban J connectivity index is 2.86. The summed E-state index contributed by atoms with van der Waals surface area (Å²) in [6.07, 6.45) is 0. The van der Waals surface area contributed by atoms with Crippen LogP contribution in [0.5, 0.6) is 5.75 Å². The van der Waals surface area contributed by atoms with Gasteiger partial charge in [-0.15, -0.1) is 11.3 Å². The molecule has 0 bridgehead atoms. The lowest BCUT2D eigenvalue weighted by atomic mass is 9.93. The molecule has 18 heavy (non-hydrogen) atoms. The number of methoxy groups -OCH3 is 1. The van der Waals surface area contributed by atoms with E-state index >= 15 is 0 Å². The zero-order valence-electron chi connectivity index (χ0n) is 11.5. The predicted molar refractivity (Wildman–Crippen MR) is 75.3 cm³/mol. The molecule has 0 aliphatic carbocycles. The average Bonchev–Trinajstić information content (AvgIpc) is 2.83. The average molecular weight is 270 g/mol. The number of ether oxygens (including phenoxy) is 1. The van der Waals surface area contributed by atoms with E-state index in [1.165, 1.54) is 11.3 Å². The van der Waals surface area contributed by atoms with Crippen molar-refractivity contribution in [2.24, 2.45) is 11.1 Å². The summed E-state index contributed by atoms with van der Waals surface area (Å²) in [5.74, 6) is 0.667. The first kappa shape index (κ1) is 15.0. The summed E-state index contributed by atoms with van der Waals surface area (Å²) >= 11 is 1.41. The van der Waals surface area contributed by atoms with Gasteiger partial charge in [0.05, 0.1) is 7.11 Å². The van der Waals surface area contributed by atoms with Crippen molar-refractivity contribution in [1.82, 2.24) is 4.90 Å². The van der Waals surface area contributed by atoms with Crippen LogP contribution in [0.1, 0.15) is 30.4 Å². The van der Waals surface area contributed by atoms with Crippen LogP contribution < -0.4 is 10.5 Å². The van der Waals surface area contributed by atoms with Gasteiger partial charge in [-0.25, -0.2) is 0 Å². The second-order valence-electron chi connectivity index (χ2n) is 5.01. The third-order valence-electron chi connectivity index (χ3n) is 2.88. The van der Waals surface area contributed by atoms with Gasteiger partial charge in [0, 0.05) is 13.1 Å². The zero-order valence-corrected chi connectivity index (χ0v) is 12.3. The highest BCUT2D eigenvalue weighted by molar-refractivity contribution is 7.12. The lowest BCUT2D eigenvalue weighted by Crippen LogP contribution is -2.41. The summed E-state index contributed by atoms with van der Waals surface area (Å²) in [5.41, 5.74) is 5.65. The lowest BCUT2D eigenvalue weighted by Gasteiger charge is -2.31. The molecule has 0 fully saturated rings. The summed E-state index contributed by atoms with van der Waals surface area (Å²) < 4.78 is 5.20. The van der Waals surface area contributed by atoms with Gasteiger partial charge in [-0.05, 0) is 30.3 Å². The molecular weight excluding hydrogens is 248 g/mol. The van der Waals surface area contributed by atoms with Crippen LogP contribution in [-0.2, 0) is 0 Å². The van der Waals surface area contributed by atoms with E-state index in [0.29, 0.717) is 30.3 Å². The SMILES string of the molecule is CCN(CC(C)(C)CN)C(=O)c1sccc1OC. The molecule has 1 aromatic heterocycles. The van der Waals surface area contributed by atoms with Crippen molar-refractivity contribution < 1.29 is 9.53 Å². The predicted octanol–water partition coefficient (Wildman–Crippen LogP) is 2.20. The van der Waals surface area contributed by atoms with Gasteiger partial charge in [0.15, 0.2) is 0 Å². The standard InChI is InChI=1S/C13H22N2O2S/c1-5-15(9-13(2,3)8-14)12(16)11-10(17-4)6-7-18-11/h6-7H,5,8-9,14H2,1-4H3. The molecule has 0 saturated heterocycles. The van der Waals surface area contributed by atoms with E-state index in [4.69, 9.17) is 10.5 Å². The molecule has 2 N–H and O–H groups in total. The largest absolute Gasteiger partial charge is 0.495 e. The molecule has 0 aliphatic heterocycles. The smallest absolute Gasteiger partial charge is 0.267 e. The van der Waals surface area contributed by atoms with E-state index < -0.39 is 0 Å². The highest BCUT2D eigenvalue weighted by atomic mass is 32.1. The molecule has 0 spiro atoms. The van der Waals surface area contributed by atoms with Crippen molar-refractivity contribution in [3.8, 4) is 5.75 Å². The molecule has 0 aliphatic rings. The Kier molecular flexibility index (Phi) is 5.16. The van der Waals surface area contributed by atoms with Crippen LogP contribution in [0.4, 0.5) is 0 Å². The van der Waals surface area contributed by atoms with Gasteiger partial charge in [0.25, 0.3) is 5.91 Å². The Morgan fingerprint density at radius 3 is 2.72 bits per heavy atom. The Morgan fingerprint density at radius 1 is 1.56 bits per heavy atom. The molecule has 0 saturated carbocycles. The second kappa shape index (κ2) is 6.20. The fourth-order valence-electron chi connectivity index (χ4n) is 1.67. The van der Waals surface area contributed by atoms with Crippen molar-refractivity contribution in [1.29, 1.82) is 0 Å². The van der Waals surface area contributed by atoms with Gasteiger partial charge in [0.1, 0.15) is 10.6 Å². The number of hydrogen-bond acceptors (Lipinski definition) is 4. The molecule has 1 amide bonds. The van der Waals surface area contributed by atoms with Gasteiger partial charge in [-0.1, -0.05) is 13.8 Å². The van der Waals surface area contributed by atoms with E-state index in [1.54, 1.807) is 7.11 Å². The van der Waals surface area contributed by atoms with E-state index in [-0.39, 0.29) is 11.3 Å². The number of nitrogens with zero attached hydrogens (tertiary/aromatic N) is 1. The van der Waals surface area contributed by atoms with Crippen molar-refractivity contribution in [2.75, 3.05) is 26.7 Å². The molecule has 5 heteroatoms. The number of nitrogens with two attached hydrogens (primary N) is 1. The third-order valence-corrected chi connectivity index (χ3v) is 3.77. The van der Waals surface area contributed by atoms with E-state index in [2.05, 4.69) is 13.8 Å². The van der Waals surface area contributed by atoms with E-state index in [0.717, 1.165) is 0 Å². The molecular formula is C13H22N2O2S. The van der Waals surface area contributed by atoms with Crippen LogP contribution in [0.15, 0.2) is 11.4 Å². The van der Waals surface area contributed by atoms with E-state index in [1.807, 2.05) is 23.3 Å². The monoisotopic (exact) mass is 270 g/mol. The normalized spacial score (nSPS) is 11.4. The molecule has 4 nitrogen and oxygen atoms in total. The zero-order chi connectivity index (χ0) is 13.8. The first-order valence-corrected chi connectivity index (χ1v) is 6.94. The molecule has 0 aromatic carbocycles. The first-order chi connectivity index (χ1) is 8.45. The maximum atomic E-state index is 12.4. The van der Waals surface area contributed by atoms with Crippen LogP contribution >= 0.6 is 11.3 Å². The van der Waals surface area contributed by atoms with Crippen LogP contribution in [0, 0.1) is 5.41 Å². The molecule has 0 atom stereocenters. The summed E-state index contributed by atoms with van der Waals surface area (Å²) in [4.78, 5) is 14.9. The number of hydrogen-bond donors (Lipinski definition) is 1. The molecule has 102 valence electrons. The highest BCUT2D eigenvalue weighted by Gasteiger charge is 2.25. The minimum atomic E-state index is -0.0732. The number of carbonyl (C=O) groups is 1. The first-order valence-electron chi connectivity index (χ1n) is 6.06. The molecule has 0 radical (unpaired) electrons. The fraction of sp³-hybridized carbons (Fsp3) is 0.615. The van der Waals surface area contributed by atoms with Gasteiger partial charge < -0.3 is 15.4 Å². The van der Waals surface area contributed by atoms with E-state index in [9.17, 15) is 4.79 Å². The second-order valence-corrected chi connectivity index (χ2v) is 5.92. The molecule has 1 aromatic rings. The van der Waals surface area contributed by atoms with Crippen LogP contribution in [0.25, 0.3) is 0 Å². The lowest BCUT2D eigenvalue weighted by molar-refractivity contribution is 0.0702. The van der Waals surface area contributed by atoms with Crippen LogP contribution in [0.2, 0.25) is 0 Å². The van der Waals surface area contributed by atoms with Gasteiger partial charge in [-0.3, -0.25) is 4.79 Å². The van der Waals surface area contributed by atoms with Gasteiger partial charge >= 0.3 is 0 Å². The van der Waals surface area contributed by atoms with Gasteiger partial charge in [-0.2, -0.15) is 0 Å². The van der Waals surface area contributed by atoms with Gasteiger partial charge in [0.2, 0.25) is 0 Å². The molecule has 0 unspecified atom stereocenters. The Morgan fingerprint density at radius 2 is 2.22 bits per heavy atom. The summed E-state index contributed by atoms with van der Waals surface area (Å²) in [7, 11) is 1.58. The quantitative estimate of drug-likeness (QED) is 0.862. The Labute approximate surface area is 113 Å². The maximum Gasteiger partial charge on any atom is 0.267 e. The van der Waals surface area contributed by atoms with Crippen LogP contribution in [0.3, 0.4) is 0 Å². The van der Waals surface area contributed by atoms with Crippen LogP contribution in [-0.4, -0.2) is 37.6 Å².